The minimum absolute atomic E-state index is 0.269. The zero-order valence-electron chi connectivity index (χ0n) is 13.1. The summed E-state index contributed by atoms with van der Waals surface area (Å²) in [7, 11) is 2.12. The van der Waals surface area contributed by atoms with E-state index in [1.54, 1.807) is 0 Å². The molecule has 0 aromatic heterocycles. The van der Waals surface area contributed by atoms with Crippen LogP contribution < -0.4 is 5.32 Å². The highest BCUT2D eigenvalue weighted by Gasteiger charge is 2.35. The molecular weight excluding hydrogens is 256 g/mol. The summed E-state index contributed by atoms with van der Waals surface area (Å²) in [4.78, 5) is 13.2. The topological polar surface area (TPSA) is 72.8 Å². The Morgan fingerprint density at radius 2 is 2.00 bits per heavy atom. The second-order valence-electron chi connectivity index (χ2n) is 6.44. The Kier molecular flexibility index (Phi) is 6.92. The van der Waals surface area contributed by atoms with Gasteiger partial charge in [-0.15, -0.1) is 0 Å². The van der Waals surface area contributed by atoms with Gasteiger partial charge in [-0.2, -0.15) is 0 Å². The van der Waals surface area contributed by atoms with Crippen molar-refractivity contribution in [2.45, 2.75) is 57.6 Å². The predicted octanol–water partition coefficient (Wildman–Crippen LogP) is 1.31. The van der Waals surface area contributed by atoms with Crippen molar-refractivity contribution in [2.75, 3.05) is 26.7 Å². The first-order chi connectivity index (χ1) is 9.34. The number of carboxylic acids is 1. The van der Waals surface area contributed by atoms with Crippen molar-refractivity contribution >= 4 is 5.97 Å². The smallest absolute Gasteiger partial charge is 0.306 e. The Bertz CT molecular complexity index is 299. The van der Waals surface area contributed by atoms with Crippen LogP contribution >= 0.6 is 0 Å². The summed E-state index contributed by atoms with van der Waals surface area (Å²) in [6.07, 6.45) is 3.40. The lowest BCUT2D eigenvalue weighted by molar-refractivity contribution is -0.144. The van der Waals surface area contributed by atoms with Crippen LogP contribution in [-0.2, 0) is 4.79 Å². The summed E-state index contributed by atoms with van der Waals surface area (Å²) in [5.41, 5.74) is -0.712. The van der Waals surface area contributed by atoms with E-state index >= 15 is 0 Å². The van der Waals surface area contributed by atoms with E-state index in [9.17, 15) is 9.90 Å². The van der Waals surface area contributed by atoms with Crippen LogP contribution in [0.5, 0.6) is 0 Å². The molecule has 0 spiro atoms. The van der Waals surface area contributed by atoms with E-state index in [-0.39, 0.29) is 5.92 Å². The molecule has 3 N–H and O–H groups in total. The fraction of sp³-hybridized carbons (Fsp3) is 0.933. The van der Waals surface area contributed by atoms with Gasteiger partial charge in [0.1, 0.15) is 0 Å². The van der Waals surface area contributed by atoms with E-state index < -0.39 is 11.6 Å². The van der Waals surface area contributed by atoms with E-state index in [0.717, 1.165) is 19.5 Å². The molecule has 1 aliphatic rings. The van der Waals surface area contributed by atoms with Gasteiger partial charge in [0.05, 0.1) is 11.5 Å². The number of aliphatic hydroxyl groups is 1. The summed E-state index contributed by atoms with van der Waals surface area (Å²) in [6, 6.07) is 0.561. The maximum Gasteiger partial charge on any atom is 0.306 e. The number of aliphatic carboxylic acids is 1. The van der Waals surface area contributed by atoms with Gasteiger partial charge in [0.25, 0.3) is 0 Å². The molecular formula is C15H30N2O3. The fourth-order valence-corrected chi connectivity index (χ4v) is 2.61. The number of rotatable bonds is 8. The normalized spacial score (nSPS) is 27.2. The van der Waals surface area contributed by atoms with E-state index in [0.29, 0.717) is 38.3 Å². The van der Waals surface area contributed by atoms with Crippen molar-refractivity contribution in [3.8, 4) is 0 Å². The van der Waals surface area contributed by atoms with E-state index in [2.05, 4.69) is 31.1 Å². The summed E-state index contributed by atoms with van der Waals surface area (Å²) < 4.78 is 0. The van der Waals surface area contributed by atoms with Crippen LogP contribution in [0.3, 0.4) is 0 Å². The van der Waals surface area contributed by atoms with Gasteiger partial charge in [0, 0.05) is 12.6 Å². The molecule has 0 saturated heterocycles. The maximum absolute atomic E-state index is 10.9. The molecule has 1 rings (SSSR count). The molecule has 0 aliphatic heterocycles. The first-order valence-corrected chi connectivity index (χ1v) is 7.70. The molecule has 1 aliphatic carbocycles. The Balaban J connectivity index is 2.14. The van der Waals surface area contributed by atoms with Gasteiger partial charge in [-0.1, -0.05) is 0 Å². The predicted molar refractivity (Wildman–Crippen MR) is 79.8 cm³/mol. The van der Waals surface area contributed by atoms with Crippen LogP contribution in [0.1, 0.15) is 46.0 Å². The molecule has 0 radical (unpaired) electrons. The molecule has 0 amide bonds. The van der Waals surface area contributed by atoms with Crippen molar-refractivity contribution < 1.29 is 15.0 Å². The molecule has 20 heavy (non-hydrogen) atoms. The number of nitrogens with one attached hydrogen (secondary N) is 1. The number of hydrogen-bond acceptors (Lipinski definition) is 4. The van der Waals surface area contributed by atoms with E-state index in [4.69, 9.17) is 5.11 Å². The van der Waals surface area contributed by atoms with Gasteiger partial charge in [-0.05, 0) is 66.1 Å². The zero-order valence-corrected chi connectivity index (χ0v) is 13.1. The Morgan fingerprint density at radius 3 is 2.50 bits per heavy atom. The van der Waals surface area contributed by atoms with Crippen LogP contribution in [0.15, 0.2) is 0 Å². The highest BCUT2D eigenvalue weighted by molar-refractivity contribution is 5.70. The number of carboxylic acid groups (broad SMARTS) is 1. The molecule has 0 bridgehead atoms. The lowest BCUT2D eigenvalue weighted by Crippen LogP contribution is -2.45. The van der Waals surface area contributed by atoms with E-state index in [1.807, 2.05) is 0 Å². The standard InChI is InChI=1S/C15H30N2O3/c1-12(2)17(3)10-4-9-16-11-15(20)7-5-13(6-8-15)14(18)19/h12-13,16,20H,4-11H2,1-3H3,(H,18,19). The molecule has 1 saturated carbocycles. The minimum Gasteiger partial charge on any atom is -0.481 e. The first kappa shape index (κ1) is 17.4. The van der Waals surface area contributed by atoms with Crippen LogP contribution in [-0.4, -0.2) is 59.4 Å². The molecule has 0 heterocycles. The SMILES string of the molecule is CC(C)N(C)CCCNCC1(O)CCC(C(=O)O)CC1. The Morgan fingerprint density at radius 1 is 1.40 bits per heavy atom. The van der Waals surface area contributed by atoms with Gasteiger partial charge in [0.2, 0.25) is 0 Å². The van der Waals surface area contributed by atoms with Crippen LogP contribution in [0.4, 0.5) is 0 Å². The highest BCUT2D eigenvalue weighted by atomic mass is 16.4. The number of nitrogens with zero attached hydrogens (tertiary/aromatic N) is 1. The van der Waals surface area contributed by atoms with Crippen molar-refractivity contribution in [1.82, 2.24) is 10.2 Å². The van der Waals surface area contributed by atoms with Crippen molar-refractivity contribution in [2.24, 2.45) is 5.92 Å². The maximum atomic E-state index is 10.9. The van der Waals surface area contributed by atoms with Crippen LogP contribution in [0, 0.1) is 5.92 Å². The third kappa shape index (κ3) is 5.77. The molecule has 0 unspecified atom stereocenters. The van der Waals surface area contributed by atoms with Crippen molar-refractivity contribution in [3.05, 3.63) is 0 Å². The molecule has 0 aromatic carbocycles. The average molecular weight is 286 g/mol. The molecule has 1 fully saturated rings. The molecule has 0 aromatic rings. The van der Waals surface area contributed by atoms with E-state index in [1.165, 1.54) is 0 Å². The quantitative estimate of drug-likeness (QED) is 0.587. The van der Waals surface area contributed by atoms with Crippen molar-refractivity contribution in [1.29, 1.82) is 0 Å². The average Bonchev–Trinajstić information content (AvgIpc) is 2.38. The summed E-state index contributed by atoms with van der Waals surface area (Å²) in [6.45, 7) is 6.87. The van der Waals surface area contributed by atoms with Gasteiger partial charge in [-0.3, -0.25) is 4.79 Å². The largest absolute Gasteiger partial charge is 0.481 e. The minimum atomic E-state index is -0.725. The zero-order chi connectivity index (χ0) is 15.2. The van der Waals surface area contributed by atoms with Crippen LogP contribution in [0.2, 0.25) is 0 Å². The van der Waals surface area contributed by atoms with Gasteiger partial charge in [-0.25, -0.2) is 0 Å². The first-order valence-electron chi connectivity index (χ1n) is 7.70. The fourth-order valence-electron chi connectivity index (χ4n) is 2.61. The Labute approximate surface area is 122 Å². The lowest BCUT2D eigenvalue weighted by atomic mass is 9.79. The van der Waals surface area contributed by atoms with Gasteiger partial charge >= 0.3 is 5.97 Å². The molecule has 5 nitrogen and oxygen atoms in total. The van der Waals surface area contributed by atoms with Gasteiger partial charge in [0.15, 0.2) is 0 Å². The highest BCUT2D eigenvalue weighted by Crippen LogP contribution is 2.31. The molecule has 5 heteroatoms. The second kappa shape index (κ2) is 7.96. The number of hydrogen-bond donors (Lipinski definition) is 3. The van der Waals surface area contributed by atoms with Gasteiger partial charge < -0.3 is 20.4 Å². The van der Waals surface area contributed by atoms with Crippen molar-refractivity contribution in [3.63, 3.8) is 0 Å². The summed E-state index contributed by atoms with van der Waals surface area (Å²) in [5, 5.41) is 22.7. The third-order valence-corrected chi connectivity index (χ3v) is 4.47. The third-order valence-electron chi connectivity index (χ3n) is 4.47. The summed E-state index contributed by atoms with van der Waals surface area (Å²) in [5.74, 6) is -0.994. The molecule has 118 valence electrons. The Hall–Kier alpha value is -0.650. The van der Waals surface area contributed by atoms with Crippen LogP contribution in [0.25, 0.3) is 0 Å². The number of carbonyl (C=O) groups is 1. The monoisotopic (exact) mass is 286 g/mol. The second-order valence-corrected chi connectivity index (χ2v) is 6.44. The molecule has 0 atom stereocenters. The summed E-state index contributed by atoms with van der Waals surface area (Å²) >= 11 is 0. The lowest BCUT2D eigenvalue weighted by Gasteiger charge is -2.35.